The van der Waals surface area contributed by atoms with Crippen molar-refractivity contribution in [2.75, 3.05) is 12.0 Å². The number of rotatable bonds is 8. The fraction of sp³-hybridized carbons (Fsp3) is 0.818. The van der Waals surface area contributed by atoms with E-state index in [1.165, 1.54) is 0 Å². The van der Waals surface area contributed by atoms with Crippen LogP contribution >= 0.6 is 11.8 Å². The first-order valence-electron chi connectivity index (χ1n) is 5.77. The standard InChI is InChI=1S/C11H22N2O3S/c1-4-5-9(6-10(14)15)13-11(16)12-8(2)7-17-3/h8-9H,4-7H2,1-3H3,(H,14,15)(H2,12,13,16). The second-order valence-corrected chi connectivity index (χ2v) is 4.97. The van der Waals surface area contributed by atoms with Crippen molar-refractivity contribution in [3.8, 4) is 0 Å². The van der Waals surface area contributed by atoms with Gasteiger partial charge in [0.1, 0.15) is 0 Å². The van der Waals surface area contributed by atoms with Gasteiger partial charge in [-0.1, -0.05) is 13.3 Å². The average Bonchev–Trinajstić information content (AvgIpc) is 2.16. The predicted octanol–water partition coefficient (Wildman–Crippen LogP) is 1.68. The minimum absolute atomic E-state index is 0.0296. The van der Waals surface area contributed by atoms with Gasteiger partial charge in [-0.25, -0.2) is 4.79 Å². The Balaban J connectivity index is 4.06. The molecule has 2 unspecified atom stereocenters. The van der Waals surface area contributed by atoms with E-state index in [0.717, 1.165) is 12.2 Å². The number of hydrogen-bond acceptors (Lipinski definition) is 3. The quantitative estimate of drug-likeness (QED) is 0.622. The second kappa shape index (κ2) is 9.15. The van der Waals surface area contributed by atoms with Crippen molar-refractivity contribution in [3.05, 3.63) is 0 Å². The fourth-order valence-corrected chi connectivity index (χ4v) is 2.11. The molecule has 0 bridgehead atoms. The molecule has 0 heterocycles. The number of amides is 2. The maximum atomic E-state index is 11.6. The summed E-state index contributed by atoms with van der Waals surface area (Å²) in [7, 11) is 0. The first-order chi connectivity index (χ1) is 7.99. The third-order valence-corrected chi connectivity index (χ3v) is 3.02. The maximum absolute atomic E-state index is 11.6. The number of nitrogens with one attached hydrogen (secondary N) is 2. The number of thioether (sulfide) groups is 1. The number of carbonyl (C=O) groups excluding carboxylic acids is 1. The molecule has 5 nitrogen and oxygen atoms in total. The lowest BCUT2D eigenvalue weighted by Gasteiger charge is -2.19. The molecule has 0 aliphatic rings. The van der Waals surface area contributed by atoms with Crippen LogP contribution in [0.2, 0.25) is 0 Å². The predicted molar refractivity (Wildman–Crippen MR) is 70.5 cm³/mol. The van der Waals surface area contributed by atoms with E-state index in [2.05, 4.69) is 10.6 Å². The van der Waals surface area contributed by atoms with Gasteiger partial charge in [-0.15, -0.1) is 0 Å². The van der Waals surface area contributed by atoms with Crippen LogP contribution in [0.25, 0.3) is 0 Å². The highest BCUT2D eigenvalue weighted by atomic mass is 32.2. The number of hydrogen-bond donors (Lipinski definition) is 3. The zero-order chi connectivity index (χ0) is 13.3. The summed E-state index contributed by atoms with van der Waals surface area (Å²) in [4.78, 5) is 22.2. The zero-order valence-corrected chi connectivity index (χ0v) is 11.5. The molecule has 0 aliphatic carbocycles. The Morgan fingerprint density at radius 2 is 2.00 bits per heavy atom. The Kier molecular flexibility index (Phi) is 8.66. The molecular formula is C11H22N2O3S. The minimum Gasteiger partial charge on any atom is -0.481 e. The van der Waals surface area contributed by atoms with Crippen molar-refractivity contribution in [1.82, 2.24) is 10.6 Å². The molecule has 0 aromatic carbocycles. The molecule has 2 amide bonds. The van der Waals surface area contributed by atoms with Crippen LogP contribution in [0.5, 0.6) is 0 Å². The summed E-state index contributed by atoms with van der Waals surface area (Å²) < 4.78 is 0. The molecule has 0 aliphatic heterocycles. The van der Waals surface area contributed by atoms with Crippen molar-refractivity contribution in [2.45, 2.75) is 45.2 Å². The van der Waals surface area contributed by atoms with E-state index in [9.17, 15) is 9.59 Å². The summed E-state index contributed by atoms with van der Waals surface area (Å²) in [5.74, 6) is -0.0500. The molecule has 0 fully saturated rings. The highest BCUT2D eigenvalue weighted by Crippen LogP contribution is 2.02. The SMILES string of the molecule is CCCC(CC(=O)O)NC(=O)NC(C)CSC. The van der Waals surface area contributed by atoms with E-state index >= 15 is 0 Å². The van der Waals surface area contributed by atoms with E-state index < -0.39 is 5.97 Å². The molecule has 0 radical (unpaired) electrons. The van der Waals surface area contributed by atoms with E-state index in [1.807, 2.05) is 20.1 Å². The van der Waals surface area contributed by atoms with Gasteiger partial charge in [-0.2, -0.15) is 11.8 Å². The van der Waals surface area contributed by atoms with Gasteiger partial charge in [0.2, 0.25) is 0 Å². The number of aliphatic carboxylic acids is 1. The van der Waals surface area contributed by atoms with Gasteiger partial charge in [-0.05, 0) is 19.6 Å². The van der Waals surface area contributed by atoms with Crippen LogP contribution in [0.3, 0.4) is 0 Å². The first kappa shape index (κ1) is 16.1. The Bertz CT molecular complexity index is 249. The molecule has 0 aromatic heterocycles. The average molecular weight is 262 g/mol. The van der Waals surface area contributed by atoms with Gasteiger partial charge < -0.3 is 15.7 Å². The van der Waals surface area contributed by atoms with Crippen molar-refractivity contribution in [2.24, 2.45) is 0 Å². The third-order valence-electron chi connectivity index (χ3n) is 2.19. The molecule has 100 valence electrons. The Morgan fingerprint density at radius 1 is 1.35 bits per heavy atom. The van der Waals surface area contributed by atoms with Gasteiger partial charge in [0.05, 0.1) is 6.42 Å². The minimum atomic E-state index is -0.888. The van der Waals surface area contributed by atoms with Gasteiger partial charge in [0, 0.05) is 17.8 Å². The molecule has 3 N–H and O–H groups in total. The van der Waals surface area contributed by atoms with E-state index in [4.69, 9.17) is 5.11 Å². The summed E-state index contributed by atoms with van der Waals surface area (Å²) in [5, 5.41) is 14.2. The van der Waals surface area contributed by atoms with E-state index in [0.29, 0.717) is 6.42 Å². The number of urea groups is 1. The van der Waals surface area contributed by atoms with Crippen LogP contribution in [0, 0.1) is 0 Å². The molecule has 0 rings (SSSR count). The lowest BCUT2D eigenvalue weighted by Crippen LogP contribution is -2.46. The van der Waals surface area contributed by atoms with E-state index in [-0.39, 0.29) is 24.5 Å². The molecule has 0 saturated carbocycles. The molecule has 0 spiro atoms. The van der Waals surface area contributed by atoms with Crippen LogP contribution in [0.15, 0.2) is 0 Å². The van der Waals surface area contributed by atoms with Crippen molar-refractivity contribution >= 4 is 23.8 Å². The van der Waals surface area contributed by atoms with Crippen LogP contribution in [-0.2, 0) is 4.79 Å². The molecular weight excluding hydrogens is 240 g/mol. The van der Waals surface area contributed by atoms with Crippen molar-refractivity contribution in [3.63, 3.8) is 0 Å². The fourth-order valence-electron chi connectivity index (χ4n) is 1.53. The molecule has 0 aromatic rings. The van der Waals surface area contributed by atoms with Crippen LogP contribution in [-0.4, -0.2) is 41.2 Å². The Morgan fingerprint density at radius 3 is 2.47 bits per heavy atom. The normalized spacial score (nSPS) is 13.8. The second-order valence-electron chi connectivity index (χ2n) is 4.06. The number of carbonyl (C=O) groups is 2. The number of carboxylic acids is 1. The lowest BCUT2D eigenvalue weighted by atomic mass is 10.1. The van der Waals surface area contributed by atoms with Gasteiger partial charge >= 0.3 is 12.0 Å². The van der Waals surface area contributed by atoms with Crippen LogP contribution in [0.4, 0.5) is 4.79 Å². The van der Waals surface area contributed by atoms with Gasteiger partial charge in [-0.3, -0.25) is 4.79 Å². The van der Waals surface area contributed by atoms with Gasteiger partial charge in [0.15, 0.2) is 0 Å². The summed E-state index contributed by atoms with van der Waals surface area (Å²) in [6, 6.07) is -0.498. The molecule has 17 heavy (non-hydrogen) atoms. The summed E-state index contributed by atoms with van der Waals surface area (Å²) >= 11 is 1.65. The zero-order valence-electron chi connectivity index (χ0n) is 10.7. The largest absolute Gasteiger partial charge is 0.481 e. The van der Waals surface area contributed by atoms with Crippen molar-refractivity contribution in [1.29, 1.82) is 0 Å². The summed E-state index contributed by atoms with van der Waals surface area (Å²) in [6.07, 6.45) is 3.47. The Hall–Kier alpha value is -0.910. The first-order valence-corrected chi connectivity index (χ1v) is 7.16. The number of carboxylic acid groups (broad SMARTS) is 1. The van der Waals surface area contributed by atoms with Crippen molar-refractivity contribution < 1.29 is 14.7 Å². The van der Waals surface area contributed by atoms with E-state index in [1.54, 1.807) is 11.8 Å². The Labute approximate surface area is 107 Å². The lowest BCUT2D eigenvalue weighted by molar-refractivity contribution is -0.137. The highest BCUT2D eigenvalue weighted by molar-refractivity contribution is 7.98. The summed E-state index contributed by atoms with van der Waals surface area (Å²) in [5.41, 5.74) is 0. The van der Waals surface area contributed by atoms with Crippen LogP contribution in [0.1, 0.15) is 33.1 Å². The summed E-state index contributed by atoms with van der Waals surface area (Å²) in [6.45, 7) is 3.88. The highest BCUT2D eigenvalue weighted by Gasteiger charge is 2.15. The monoisotopic (exact) mass is 262 g/mol. The van der Waals surface area contributed by atoms with Gasteiger partial charge in [0.25, 0.3) is 0 Å². The third kappa shape index (κ3) is 8.85. The maximum Gasteiger partial charge on any atom is 0.315 e. The smallest absolute Gasteiger partial charge is 0.315 e. The molecule has 6 heteroatoms. The van der Waals surface area contributed by atoms with Crippen LogP contribution < -0.4 is 10.6 Å². The topological polar surface area (TPSA) is 78.4 Å². The molecule has 0 saturated heterocycles. The molecule has 2 atom stereocenters.